The largest absolute Gasteiger partial charge is 0.486 e. The Kier molecular flexibility index (Phi) is 9.33. The predicted octanol–water partition coefficient (Wildman–Crippen LogP) is 5.10. The van der Waals surface area contributed by atoms with Gasteiger partial charge in [-0.15, -0.1) is 0 Å². The number of rotatable bonds is 9. The molecule has 218 valence electrons. The number of non-ortho nitro benzene ring substituents is 2. The smallest absolute Gasteiger partial charge is 0.310 e. The maximum absolute atomic E-state index is 13.1. The first-order valence-corrected chi connectivity index (χ1v) is 13.7. The van der Waals surface area contributed by atoms with E-state index in [-0.39, 0.29) is 28.3 Å². The minimum Gasteiger partial charge on any atom is -0.486 e. The highest BCUT2D eigenvalue weighted by Crippen LogP contribution is 2.48. The van der Waals surface area contributed by atoms with Crippen LogP contribution in [0.3, 0.4) is 0 Å². The van der Waals surface area contributed by atoms with E-state index in [1.54, 1.807) is 13.8 Å². The Morgan fingerprint density at radius 1 is 1.05 bits per heavy atom. The number of hydrogen-bond donors (Lipinski definition) is 1. The first-order valence-electron chi connectivity index (χ1n) is 11.8. The second-order valence-corrected chi connectivity index (χ2v) is 11.5. The maximum Gasteiger partial charge on any atom is 0.310 e. The quantitative estimate of drug-likeness (QED) is 0.162. The van der Waals surface area contributed by atoms with E-state index in [2.05, 4.69) is 21.2 Å². The number of thioether (sulfide) groups is 1. The minimum atomic E-state index is -1.06. The van der Waals surface area contributed by atoms with Crippen molar-refractivity contribution in [3.63, 3.8) is 0 Å². The number of nitrogens with zero attached hydrogens (tertiary/aromatic N) is 3. The molecule has 3 rings (SSSR count). The molecule has 0 fully saturated rings. The Balaban J connectivity index is 1.82. The Morgan fingerprint density at radius 2 is 1.63 bits per heavy atom. The van der Waals surface area contributed by atoms with Gasteiger partial charge >= 0.3 is 5.97 Å². The van der Waals surface area contributed by atoms with Gasteiger partial charge in [-0.1, -0.05) is 34.6 Å². The summed E-state index contributed by atoms with van der Waals surface area (Å²) in [6, 6.07) is 4.98. The number of hydrogen-bond acceptors (Lipinski definition) is 12. The van der Waals surface area contributed by atoms with E-state index in [0.717, 1.165) is 24.3 Å². The number of anilines is 1. The van der Waals surface area contributed by atoms with Crippen LogP contribution in [0, 0.1) is 36.3 Å². The molecular weight excluding hydrogens is 632 g/mol. The van der Waals surface area contributed by atoms with Crippen LogP contribution in [-0.4, -0.2) is 47.9 Å². The highest BCUT2D eigenvalue weighted by molar-refractivity contribution is 9.09. The number of halogens is 1. The molecule has 0 saturated heterocycles. The molecule has 2 aromatic carbocycles. The highest BCUT2D eigenvalue weighted by atomic mass is 79.9. The van der Waals surface area contributed by atoms with E-state index in [1.165, 1.54) is 19.9 Å². The van der Waals surface area contributed by atoms with Crippen LogP contribution in [0.4, 0.5) is 22.7 Å². The summed E-state index contributed by atoms with van der Waals surface area (Å²) in [5, 5.41) is 35.6. The number of nitro benzene ring substituents is 3. The first kappa shape index (κ1) is 31.4. The number of ether oxygens (including phenoxy) is 2. The first-order chi connectivity index (χ1) is 19.0. The third-order valence-corrected chi connectivity index (χ3v) is 8.66. The number of esters is 1. The van der Waals surface area contributed by atoms with Gasteiger partial charge < -0.3 is 14.8 Å². The number of carbonyl (C=O) groups is 3. The third-order valence-electron chi connectivity index (χ3n) is 5.91. The van der Waals surface area contributed by atoms with Crippen LogP contribution in [0.1, 0.15) is 49.7 Å². The van der Waals surface area contributed by atoms with E-state index < -0.39 is 71.3 Å². The summed E-state index contributed by atoms with van der Waals surface area (Å²) >= 11 is 4.08. The fourth-order valence-electron chi connectivity index (χ4n) is 3.84. The molecule has 0 bridgehead atoms. The molecule has 2 aromatic rings. The van der Waals surface area contributed by atoms with Gasteiger partial charge in [0.25, 0.3) is 17.1 Å². The van der Waals surface area contributed by atoms with Crippen LogP contribution in [0.25, 0.3) is 0 Å². The van der Waals surface area contributed by atoms with Gasteiger partial charge in [-0.2, -0.15) is 0 Å². The lowest BCUT2D eigenvalue weighted by Gasteiger charge is -2.41. The Labute approximate surface area is 244 Å². The van der Waals surface area contributed by atoms with Crippen molar-refractivity contribution in [1.29, 1.82) is 0 Å². The van der Waals surface area contributed by atoms with E-state index in [1.807, 2.05) is 0 Å². The van der Waals surface area contributed by atoms with Gasteiger partial charge in [-0.05, 0) is 13.8 Å². The Hall–Kier alpha value is -4.12. The topological polar surface area (TPSA) is 211 Å². The van der Waals surface area contributed by atoms with Crippen molar-refractivity contribution in [2.75, 3.05) is 11.1 Å². The summed E-state index contributed by atoms with van der Waals surface area (Å²) in [4.78, 5) is 68.2. The molecule has 41 heavy (non-hydrogen) atoms. The van der Waals surface area contributed by atoms with Crippen molar-refractivity contribution in [2.24, 2.45) is 5.92 Å². The maximum atomic E-state index is 13.1. The van der Waals surface area contributed by atoms with Crippen molar-refractivity contribution in [1.82, 2.24) is 0 Å². The molecule has 0 radical (unpaired) electrons. The lowest BCUT2D eigenvalue weighted by atomic mass is 9.90. The summed E-state index contributed by atoms with van der Waals surface area (Å²) < 4.78 is 11.7. The van der Waals surface area contributed by atoms with Crippen molar-refractivity contribution >= 4 is 67.4 Å². The van der Waals surface area contributed by atoms with Gasteiger partial charge in [0.05, 0.1) is 31.6 Å². The van der Waals surface area contributed by atoms with Gasteiger partial charge in [0.2, 0.25) is 11.0 Å². The van der Waals surface area contributed by atoms with Gasteiger partial charge in [0.1, 0.15) is 23.1 Å². The predicted molar refractivity (Wildman–Crippen MR) is 149 cm³/mol. The molecule has 15 nitrogen and oxygen atoms in total. The molecule has 0 aliphatic carbocycles. The average molecular weight is 655 g/mol. The second kappa shape index (κ2) is 12.2. The minimum absolute atomic E-state index is 0.0974. The number of alkyl halides is 1. The molecule has 0 spiro atoms. The van der Waals surface area contributed by atoms with E-state index >= 15 is 0 Å². The van der Waals surface area contributed by atoms with Crippen LogP contribution in [-0.2, 0) is 14.3 Å². The van der Waals surface area contributed by atoms with Crippen molar-refractivity contribution < 1.29 is 38.6 Å². The molecule has 1 amide bonds. The van der Waals surface area contributed by atoms with Crippen LogP contribution in [0.5, 0.6) is 5.75 Å². The third kappa shape index (κ3) is 7.15. The zero-order valence-corrected chi connectivity index (χ0v) is 24.3. The van der Waals surface area contributed by atoms with E-state index in [9.17, 15) is 44.7 Å². The molecule has 3 atom stereocenters. The summed E-state index contributed by atoms with van der Waals surface area (Å²) in [5.74, 6) is -2.18. The van der Waals surface area contributed by atoms with Gasteiger partial charge in [0.15, 0.2) is 0 Å². The molecular formula is C24H23BrN4O11S. The van der Waals surface area contributed by atoms with Gasteiger partial charge in [-0.25, -0.2) is 0 Å². The number of carbonyl (C=O) groups excluding carboxylic acids is 3. The summed E-state index contributed by atoms with van der Waals surface area (Å²) in [6.45, 7) is 6.06. The lowest BCUT2D eigenvalue weighted by molar-refractivity contribution is -0.394. The number of benzene rings is 2. The second-order valence-electron chi connectivity index (χ2n) is 9.56. The standard InChI is InChI=1S/C24H23BrN4O11S/c1-11(10-41-23(32)13-5-14(27(33)34)7-15(6-13)28(35)36)22(31)39-20-16-8-18(29(37)38)17(26-12(2)30)9-19(16)40-24(3,4)21(20)25/h5-9,11,20-21H,10H2,1-4H3,(H,26,30)/t11?,20-,21+/m0/s1. The highest BCUT2D eigenvalue weighted by Gasteiger charge is 2.46. The molecule has 1 heterocycles. The lowest BCUT2D eigenvalue weighted by Crippen LogP contribution is -2.47. The summed E-state index contributed by atoms with van der Waals surface area (Å²) in [7, 11) is 0. The zero-order valence-electron chi connectivity index (χ0n) is 21.9. The number of fused-ring (bicyclic) bond motifs is 1. The van der Waals surface area contributed by atoms with Crippen molar-refractivity contribution in [2.45, 2.75) is 44.2 Å². The van der Waals surface area contributed by atoms with Crippen molar-refractivity contribution in [3.8, 4) is 5.75 Å². The molecule has 1 aliphatic rings. The molecule has 0 saturated carbocycles. The fourth-order valence-corrected chi connectivity index (χ4v) is 5.15. The zero-order chi connectivity index (χ0) is 30.8. The number of nitrogens with one attached hydrogen (secondary N) is 1. The summed E-state index contributed by atoms with van der Waals surface area (Å²) in [6.07, 6.45) is -1.06. The van der Waals surface area contributed by atoms with E-state index in [0.29, 0.717) is 11.8 Å². The molecule has 0 aromatic heterocycles. The SMILES string of the molecule is CC(=O)Nc1cc2c(cc1[N+](=O)[O-])[C@H](OC(=O)C(C)CSC(=O)c1cc([N+](=O)[O-])cc([N+](=O)[O-])c1)[C@@H](Br)C(C)(C)O2. The fraction of sp³-hybridized carbons (Fsp3) is 0.375. The van der Waals surface area contributed by atoms with Crippen LogP contribution >= 0.6 is 27.7 Å². The molecule has 1 N–H and O–H groups in total. The number of nitro groups is 3. The number of amides is 1. The molecule has 17 heteroatoms. The van der Waals surface area contributed by atoms with Crippen LogP contribution in [0.15, 0.2) is 30.3 Å². The van der Waals surface area contributed by atoms with Crippen molar-refractivity contribution in [3.05, 3.63) is 71.8 Å². The van der Waals surface area contributed by atoms with Gasteiger partial charge in [0, 0.05) is 48.1 Å². The van der Waals surface area contributed by atoms with Crippen LogP contribution in [0.2, 0.25) is 0 Å². The summed E-state index contributed by atoms with van der Waals surface area (Å²) in [5.41, 5.74) is -2.86. The Bertz CT molecular complexity index is 1430. The normalized spacial score (nSPS) is 17.8. The molecule has 1 aliphatic heterocycles. The molecule has 1 unspecified atom stereocenters. The van der Waals surface area contributed by atoms with Gasteiger partial charge in [-0.3, -0.25) is 44.7 Å². The average Bonchev–Trinajstić information content (AvgIpc) is 2.88. The Morgan fingerprint density at radius 3 is 2.15 bits per heavy atom. The van der Waals surface area contributed by atoms with E-state index in [4.69, 9.17) is 9.47 Å². The monoisotopic (exact) mass is 654 g/mol. The van der Waals surface area contributed by atoms with Crippen LogP contribution < -0.4 is 10.1 Å².